The van der Waals surface area contributed by atoms with E-state index >= 15 is 0 Å². The average Bonchev–Trinajstić information content (AvgIpc) is 2.72. The molecule has 0 fully saturated rings. The first kappa shape index (κ1) is 24.4. The van der Waals surface area contributed by atoms with Crippen LogP contribution in [0.25, 0.3) is 10.9 Å². The van der Waals surface area contributed by atoms with Crippen LogP contribution in [0, 0.1) is 5.41 Å². The molecule has 0 spiro atoms. The van der Waals surface area contributed by atoms with Crippen LogP contribution in [-0.2, 0) is 11.0 Å². The lowest BCUT2D eigenvalue weighted by Crippen LogP contribution is -2.17. The van der Waals surface area contributed by atoms with E-state index in [0.717, 1.165) is 12.3 Å². The van der Waals surface area contributed by atoms with Crippen LogP contribution in [-0.4, -0.2) is 33.5 Å². The zero-order chi connectivity index (χ0) is 25.4. The summed E-state index contributed by atoms with van der Waals surface area (Å²) in [7, 11) is 0. The summed E-state index contributed by atoms with van der Waals surface area (Å²) in [5, 5.41) is 20.1. The molecule has 1 aromatic heterocycles. The summed E-state index contributed by atoms with van der Waals surface area (Å²) in [5.41, 5.74) is 4.15. The second kappa shape index (κ2) is 8.93. The molecule has 1 amide bonds. The molecule has 0 radical (unpaired) electrons. The number of nitrogens with zero attached hydrogens (tertiary/aromatic N) is 1. The number of nitrogens with two attached hydrogens (primary N) is 1. The highest BCUT2D eigenvalue weighted by Crippen LogP contribution is 2.35. The van der Waals surface area contributed by atoms with Gasteiger partial charge in [0.25, 0.3) is 5.91 Å². The first-order chi connectivity index (χ1) is 15.8. The smallest absolute Gasteiger partial charge is 0.416 e. The molecule has 2 aromatic carbocycles. The molecule has 1 heterocycles. The zero-order valence-electron chi connectivity index (χ0n) is 17.9. The largest absolute Gasteiger partial charge is 0.478 e. The molecule has 0 bridgehead atoms. The minimum absolute atomic E-state index is 0.0191. The molecular formula is C23H19F3N4O4. The van der Waals surface area contributed by atoms with E-state index in [1.807, 2.05) is 0 Å². The maximum atomic E-state index is 13.3. The number of carbonyl (C=O) groups is 3. The third-order valence-electron chi connectivity index (χ3n) is 5.11. The average molecular weight is 472 g/mol. The topological polar surface area (TPSA) is 146 Å². The number of aromatic nitrogens is 1. The Balaban J connectivity index is 2.22. The molecule has 0 saturated heterocycles. The molecular weight excluding hydrogens is 453 g/mol. The fraction of sp³-hybridized carbons (Fsp3) is 0.174. The van der Waals surface area contributed by atoms with Crippen molar-refractivity contribution in [2.45, 2.75) is 25.9 Å². The molecule has 11 heteroatoms. The Morgan fingerprint density at radius 3 is 2.32 bits per heavy atom. The number of hydrogen-bond donors (Lipinski definition) is 4. The number of rotatable bonds is 7. The first-order valence-corrected chi connectivity index (χ1v) is 9.80. The van der Waals surface area contributed by atoms with Crippen LogP contribution in [0.15, 0.2) is 42.6 Å². The van der Waals surface area contributed by atoms with E-state index in [0.29, 0.717) is 23.1 Å². The lowest BCUT2D eigenvalue weighted by molar-refractivity contribution is -0.137. The molecule has 176 valence electrons. The molecule has 3 rings (SSSR count). The number of amides is 1. The number of halogens is 3. The van der Waals surface area contributed by atoms with Crippen LogP contribution in [0.5, 0.6) is 0 Å². The van der Waals surface area contributed by atoms with Gasteiger partial charge < -0.3 is 21.6 Å². The number of carboxylic acids is 1. The second-order valence-corrected chi connectivity index (χ2v) is 7.64. The van der Waals surface area contributed by atoms with Crippen molar-refractivity contribution in [3.8, 4) is 0 Å². The van der Waals surface area contributed by atoms with Crippen LogP contribution in [0.2, 0.25) is 0 Å². The predicted molar refractivity (Wildman–Crippen MR) is 119 cm³/mol. The standard InChI is InChI=1S/C23H19F3N4O4/c1-10(27)19(11(2)31)12-3-4-16-18(7-12)29-9-17(21(28)32)20(16)30-15-6-13(22(33)34)5-14(8-15)23(24,25)26/h3-9,19,27H,1-2H3,(H2,28,32)(H,29,30)(H,33,34). The Morgan fingerprint density at radius 2 is 1.79 bits per heavy atom. The fourth-order valence-electron chi connectivity index (χ4n) is 3.63. The van der Waals surface area contributed by atoms with Crippen molar-refractivity contribution < 1.29 is 32.7 Å². The molecule has 1 unspecified atom stereocenters. The van der Waals surface area contributed by atoms with Gasteiger partial charge in [0, 0.05) is 23.0 Å². The molecule has 0 aliphatic carbocycles. The molecule has 8 nitrogen and oxygen atoms in total. The van der Waals surface area contributed by atoms with Crippen molar-refractivity contribution in [2.75, 3.05) is 5.32 Å². The third-order valence-corrected chi connectivity index (χ3v) is 5.11. The molecule has 0 saturated carbocycles. The maximum absolute atomic E-state index is 13.3. The number of carboxylic acid groups (broad SMARTS) is 1. The number of ketones is 1. The summed E-state index contributed by atoms with van der Waals surface area (Å²) in [4.78, 5) is 39.5. The van der Waals surface area contributed by atoms with E-state index in [-0.39, 0.29) is 33.9 Å². The van der Waals surface area contributed by atoms with Gasteiger partial charge in [-0.2, -0.15) is 13.2 Å². The third kappa shape index (κ3) is 4.87. The number of pyridine rings is 1. The highest BCUT2D eigenvalue weighted by atomic mass is 19.4. The van der Waals surface area contributed by atoms with Gasteiger partial charge in [-0.05, 0) is 43.7 Å². The Hall–Kier alpha value is -4.28. The lowest BCUT2D eigenvalue weighted by atomic mass is 9.90. The van der Waals surface area contributed by atoms with Gasteiger partial charge in [0.2, 0.25) is 0 Å². The summed E-state index contributed by atoms with van der Waals surface area (Å²) < 4.78 is 39.9. The van der Waals surface area contributed by atoms with Crippen LogP contribution in [0.1, 0.15) is 51.6 Å². The number of benzene rings is 2. The molecule has 0 aliphatic rings. The normalized spacial score (nSPS) is 12.3. The van der Waals surface area contributed by atoms with Gasteiger partial charge in [-0.1, -0.05) is 12.1 Å². The summed E-state index contributed by atoms with van der Waals surface area (Å²) in [6, 6.07) is 6.77. The number of Topliss-reactive ketones (excluding diaryl/α,β-unsaturated/α-hetero) is 1. The Morgan fingerprint density at radius 1 is 1.12 bits per heavy atom. The van der Waals surface area contributed by atoms with Crippen molar-refractivity contribution in [3.63, 3.8) is 0 Å². The summed E-state index contributed by atoms with van der Waals surface area (Å²) in [5.74, 6) is -3.54. The van der Waals surface area contributed by atoms with Crippen LogP contribution in [0.4, 0.5) is 24.5 Å². The van der Waals surface area contributed by atoms with Crippen molar-refractivity contribution in [3.05, 3.63) is 64.8 Å². The number of alkyl halides is 3. The molecule has 5 N–H and O–H groups in total. The molecule has 0 aliphatic heterocycles. The van der Waals surface area contributed by atoms with Gasteiger partial charge in [-0.3, -0.25) is 14.6 Å². The number of hydrogen-bond acceptors (Lipinski definition) is 6. The lowest BCUT2D eigenvalue weighted by Gasteiger charge is -2.17. The summed E-state index contributed by atoms with van der Waals surface area (Å²) in [6.07, 6.45) is -3.68. The fourth-order valence-corrected chi connectivity index (χ4v) is 3.63. The van der Waals surface area contributed by atoms with E-state index < -0.39 is 35.1 Å². The van der Waals surface area contributed by atoms with Crippen molar-refractivity contribution in [1.82, 2.24) is 4.98 Å². The highest BCUT2D eigenvalue weighted by molar-refractivity contribution is 6.10. The number of carbonyl (C=O) groups excluding carboxylic acids is 2. The number of fused-ring (bicyclic) bond motifs is 1. The Labute approximate surface area is 191 Å². The van der Waals surface area contributed by atoms with Crippen LogP contribution >= 0.6 is 0 Å². The monoisotopic (exact) mass is 472 g/mol. The van der Waals surface area contributed by atoms with Gasteiger partial charge in [0.15, 0.2) is 0 Å². The second-order valence-electron chi connectivity index (χ2n) is 7.64. The Bertz CT molecular complexity index is 1340. The minimum Gasteiger partial charge on any atom is -0.478 e. The van der Waals surface area contributed by atoms with E-state index in [9.17, 15) is 32.7 Å². The number of primary amides is 1. The van der Waals surface area contributed by atoms with Gasteiger partial charge in [0.1, 0.15) is 5.78 Å². The molecule has 1 atom stereocenters. The number of aromatic carboxylic acids is 1. The van der Waals surface area contributed by atoms with Gasteiger partial charge in [0.05, 0.1) is 33.8 Å². The molecule has 3 aromatic rings. The van der Waals surface area contributed by atoms with E-state index in [1.54, 1.807) is 6.07 Å². The maximum Gasteiger partial charge on any atom is 0.416 e. The van der Waals surface area contributed by atoms with Crippen molar-refractivity contribution in [1.29, 1.82) is 5.41 Å². The summed E-state index contributed by atoms with van der Waals surface area (Å²) >= 11 is 0. The Kier molecular flexibility index (Phi) is 6.40. The number of anilines is 2. The van der Waals surface area contributed by atoms with E-state index in [4.69, 9.17) is 11.1 Å². The van der Waals surface area contributed by atoms with Gasteiger partial charge in [-0.25, -0.2) is 4.79 Å². The summed E-state index contributed by atoms with van der Waals surface area (Å²) in [6.45, 7) is 2.83. The van der Waals surface area contributed by atoms with Crippen molar-refractivity contribution in [2.24, 2.45) is 5.73 Å². The van der Waals surface area contributed by atoms with Crippen LogP contribution in [0.3, 0.4) is 0 Å². The quantitative estimate of drug-likeness (QED) is 0.372. The van der Waals surface area contributed by atoms with Gasteiger partial charge in [-0.15, -0.1) is 0 Å². The predicted octanol–water partition coefficient (Wildman–Crippen LogP) is 4.51. The minimum atomic E-state index is -4.81. The molecule has 34 heavy (non-hydrogen) atoms. The first-order valence-electron chi connectivity index (χ1n) is 9.80. The zero-order valence-corrected chi connectivity index (χ0v) is 17.9. The van der Waals surface area contributed by atoms with E-state index in [1.165, 1.54) is 26.0 Å². The van der Waals surface area contributed by atoms with Crippen LogP contribution < -0.4 is 11.1 Å². The van der Waals surface area contributed by atoms with E-state index in [2.05, 4.69) is 10.3 Å². The van der Waals surface area contributed by atoms with Gasteiger partial charge >= 0.3 is 12.1 Å². The highest BCUT2D eigenvalue weighted by Gasteiger charge is 2.32. The number of nitrogens with one attached hydrogen (secondary N) is 2. The SMILES string of the molecule is CC(=N)C(C(C)=O)c1ccc2c(Nc3cc(C(=O)O)cc(C(F)(F)F)c3)c(C(N)=O)cnc2c1. The van der Waals surface area contributed by atoms with Crippen molar-refractivity contribution >= 4 is 45.6 Å².